The quantitative estimate of drug-likeness (QED) is 0.887. The molecule has 23 heavy (non-hydrogen) atoms. The van der Waals surface area contributed by atoms with Crippen molar-refractivity contribution in [3.05, 3.63) is 65.7 Å². The molecule has 0 aliphatic carbocycles. The van der Waals surface area contributed by atoms with Crippen LogP contribution in [0.1, 0.15) is 34.6 Å². The van der Waals surface area contributed by atoms with Crippen molar-refractivity contribution in [3.8, 4) is 0 Å². The van der Waals surface area contributed by atoms with Gasteiger partial charge >= 0.3 is 0 Å². The number of rotatable bonds is 3. The smallest absolute Gasteiger partial charge is 0.262 e. The lowest BCUT2D eigenvalue weighted by Gasteiger charge is -2.32. The van der Waals surface area contributed by atoms with Gasteiger partial charge in [0.2, 0.25) is 5.91 Å². The highest BCUT2D eigenvalue weighted by molar-refractivity contribution is 6.24. The zero-order valence-corrected chi connectivity index (χ0v) is 12.9. The first-order chi connectivity index (χ1) is 10.9. The molecule has 0 aromatic heterocycles. The Morgan fingerprint density at radius 2 is 1.35 bits per heavy atom. The van der Waals surface area contributed by atoms with Gasteiger partial charge in [-0.2, -0.15) is 0 Å². The van der Waals surface area contributed by atoms with Crippen LogP contribution in [0, 0.1) is 0 Å². The molecule has 0 saturated carbocycles. The maximum absolute atomic E-state index is 12.6. The predicted octanol–water partition coefficient (Wildman–Crippen LogP) is 2.70. The van der Waals surface area contributed by atoms with Crippen molar-refractivity contribution in [3.63, 3.8) is 0 Å². The molecule has 3 amide bonds. The third-order valence-electron chi connectivity index (χ3n) is 3.94. The van der Waals surface area contributed by atoms with Crippen LogP contribution in [0.5, 0.6) is 0 Å². The van der Waals surface area contributed by atoms with E-state index in [0.717, 1.165) is 4.90 Å². The molecule has 0 radical (unpaired) electrons. The predicted molar refractivity (Wildman–Crippen MR) is 86.1 cm³/mol. The summed E-state index contributed by atoms with van der Waals surface area (Å²) in [6, 6.07) is 15.5. The lowest BCUT2D eigenvalue weighted by atomic mass is 10.0. The van der Waals surface area contributed by atoms with Crippen LogP contribution in [0.25, 0.3) is 0 Å². The third-order valence-corrected chi connectivity index (χ3v) is 3.94. The topological polar surface area (TPSA) is 66.5 Å². The molecule has 0 saturated heterocycles. The van der Waals surface area contributed by atoms with E-state index in [2.05, 4.69) is 5.32 Å². The molecule has 1 aliphatic rings. The summed E-state index contributed by atoms with van der Waals surface area (Å²) in [6.45, 7) is 3.12. The number of anilines is 1. The first kappa shape index (κ1) is 15.0. The molecule has 5 nitrogen and oxygen atoms in total. The molecule has 3 rings (SSSR count). The Hall–Kier alpha value is -2.95. The summed E-state index contributed by atoms with van der Waals surface area (Å²) in [4.78, 5) is 38.7. The van der Waals surface area contributed by atoms with E-state index in [1.54, 1.807) is 62.4 Å². The lowest BCUT2D eigenvalue weighted by Crippen LogP contribution is -2.55. The Morgan fingerprint density at radius 1 is 0.870 bits per heavy atom. The minimum atomic E-state index is -1.30. The number of hydrogen-bond acceptors (Lipinski definition) is 3. The fourth-order valence-electron chi connectivity index (χ4n) is 2.60. The van der Waals surface area contributed by atoms with Crippen molar-refractivity contribution in [2.24, 2.45) is 0 Å². The Morgan fingerprint density at radius 3 is 1.87 bits per heavy atom. The zero-order valence-electron chi connectivity index (χ0n) is 12.9. The number of amides is 3. The Balaban J connectivity index is 1.90. The average molecular weight is 308 g/mol. The summed E-state index contributed by atoms with van der Waals surface area (Å²) < 4.78 is 0. The number of imide groups is 1. The fourth-order valence-corrected chi connectivity index (χ4v) is 2.60. The van der Waals surface area contributed by atoms with Gasteiger partial charge in [0.05, 0.1) is 11.1 Å². The van der Waals surface area contributed by atoms with Crippen molar-refractivity contribution in [2.75, 3.05) is 5.32 Å². The number of benzene rings is 2. The number of para-hydroxylation sites is 1. The number of hydrogen-bond donors (Lipinski definition) is 1. The van der Waals surface area contributed by atoms with Crippen LogP contribution in [0.4, 0.5) is 5.69 Å². The van der Waals surface area contributed by atoms with E-state index >= 15 is 0 Å². The summed E-state index contributed by atoms with van der Waals surface area (Å²) in [5.41, 5.74) is -0.0263. The largest absolute Gasteiger partial charge is 0.324 e. The lowest BCUT2D eigenvalue weighted by molar-refractivity contribution is -0.123. The summed E-state index contributed by atoms with van der Waals surface area (Å²) in [5, 5.41) is 2.74. The van der Waals surface area contributed by atoms with Crippen LogP contribution in [0.2, 0.25) is 0 Å². The molecular weight excluding hydrogens is 292 g/mol. The van der Waals surface area contributed by atoms with Crippen LogP contribution in [-0.4, -0.2) is 28.2 Å². The molecule has 0 unspecified atom stereocenters. The van der Waals surface area contributed by atoms with E-state index in [1.807, 2.05) is 6.07 Å². The summed E-state index contributed by atoms with van der Waals surface area (Å²) in [6.07, 6.45) is 0. The van der Waals surface area contributed by atoms with E-state index in [9.17, 15) is 14.4 Å². The molecule has 0 atom stereocenters. The molecule has 0 spiro atoms. The Kier molecular flexibility index (Phi) is 3.48. The van der Waals surface area contributed by atoms with Crippen LogP contribution in [0.3, 0.4) is 0 Å². The van der Waals surface area contributed by atoms with Crippen molar-refractivity contribution in [2.45, 2.75) is 19.4 Å². The third kappa shape index (κ3) is 2.40. The SMILES string of the molecule is CC(C)(C(=O)Nc1ccccc1)N1C(=O)c2ccccc2C1=O. The maximum Gasteiger partial charge on any atom is 0.262 e. The van der Waals surface area contributed by atoms with Crippen molar-refractivity contribution >= 4 is 23.4 Å². The molecule has 1 aliphatic heterocycles. The monoisotopic (exact) mass is 308 g/mol. The van der Waals surface area contributed by atoms with Crippen LogP contribution >= 0.6 is 0 Å². The highest BCUT2D eigenvalue weighted by Gasteiger charge is 2.47. The molecule has 1 N–H and O–H groups in total. The summed E-state index contributed by atoms with van der Waals surface area (Å²) in [5.74, 6) is -1.31. The first-order valence-electron chi connectivity index (χ1n) is 7.27. The second kappa shape index (κ2) is 5.35. The van der Waals surface area contributed by atoms with Gasteiger partial charge in [0.15, 0.2) is 0 Å². The van der Waals surface area contributed by atoms with E-state index in [1.165, 1.54) is 0 Å². The minimum Gasteiger partial charge on any atom is -0.324 e. The van der Waals surface area contributed by atoms with Crippen molar-refractivity contribution in [1.29, 1.82) is 0 Å². The summed E-state index contributed by atoms with van der Waals surface area (Å²) in [7, 11) is 0. The molecule has 0 bridgehead atoms. The first-order valence-corrected chi connectivity index (χ1v) is 7.27. The molecule has 2 aromatic rings. The number of fused-ring (bicyclic) bond motifs is 1. The van der Waals surface area contributed by atoms with Gasteiger partial charge in [-0.1, -0.05) is 30.3 Å². The number of carbonyl (C=O) groups is 3. The van der Waals surface area contributed by atoms with E-state index < -0.39 is 23.3 Å². The van der Waals surface area contributed by atoms with Crippen LogP contribution in [0.15, 0.2) is 54.6 Å². The van der Waals surface area contributed by atoms with E-state index in [-0.39, 0.29) is 0 Å². The van der Waals surface area contributed by atoms with Gasteiger partial charge in [0.1, 0.15) is 5.54 Å². The van der Waals surface area contributed by atoms with Crippen LogP contribution in [-0.2, 0) is 4.79 Å². The molecule has 0 fully saturated rings. The van der Waals surface area contributed by atoms with Gasteiger partial charge < -0.3 is 5.32 Å². The van der Waals surface area contributed by atoms with E-state index in [0.29, 0.717) is 16.8 Å². The maximum atomic E-state index is 12.6. The van der Waals surface area contributed by atoms with Gasteiger partial charge in [0, 0.05) is 5.69 Å². The average Bonchev–Trinajstić information content (AvgIpc) is 2.80. The number of nitrogens with zero attached hydrogens (tertiary/aromatic N) is 1. The zero-order chi connectivity index (χ0) is 16.6. The van der Waals surface area contributed by atoms with E-state index in [4.69, 9.17) is 0 Å². The minimum absolute atomic E-state index is 0.332. The molecule has 1 heterocycles. The number of carbonyl (C=O) groups excluding carboxylic acids is 3. The highest BCUT2D eigenvalue weighted by atomic mass is 16.2. The molecule has 2 aromatic carbocycles. The second-order valence-corrected chi connectivity index (χ2v) is 5.87. The summed E-state index contributed by atoms with van der Waals surface area (Å²) >= 11 is 0. The van der Waals surface area contributed by atoms with Gasteiger partial charge in [-0.15, -0.1) is 0 Å². The molecule has 5 heteroatoms. The normalized spacial score (nSPS) is 13.9. The molecular formula is C18H16N2O3. The second-order valence-electron chi connectivity index (χ2n) is 5.87. The van der Waals surface area contributed by atoms with Crippen molar-refractivity contribution < 1.29 is 14.4 Å². The fraction of sp³-hybridized carbons (Fsp3) is 0.167. The van der Waals surface area contributed by atoms with Gasteiger partial charge in [-0.3, -0.25) is 19.3 Å². The van der Waals surface area contributed by atoms with Gasteiger partial charge in [0.25, 0.3) is 11.8 Å². The van der Waals surface area contributed by atoms with Crippen molar-refractivity contribution in [1.82, 2.24) is 4.90 Å². The Bertz CT molecular complexity index is 762. The van der Waals surface area contributed by atoms with Gasteiger partial charge in [-0.05, 0) is 38.1 Å². The number of nitrogens with one attached hydrogen (secondary N) is 1. The molecule has 116 valence electrons. The highest BCUT2D eigenvalue weighted by Crippen LogP contribution is 2.30. The standard InChI is InChI=1S/C18H16N2O3/c1-18(2,17(23)19-12-8-4-3-5-9-12)20-15(21)13-10-6-7-11-14(13)16(20)22/h3-11H,1-2H3,(H,19,23). The van der Waals surface area contributed by atoms with Gasteiger partial charge in [-0.25, -0.2) is 0 Å². The Labute approximate surface area is 133 Å². The van der Waals surface area contributed by atoms with Crippen LogP contribution < -0.4 is 5.32 Å².